The van der Waals surface area contributed by atoms with Crippen LogP contribution < -0.4 is 0 Å². The van der Waals surface area contributed by atoms with Crippen molar-refractivity contribution < 1.29 is 13.9 Å². The molecule has 2 aliphatic heterocycles. The standard InChI is InChI=1S/C26H30FN3O2/c27-23-7-1-6-22(19-23)26(9-16-32-17-10-26)25(31)30-13-2-4-20(8-14-30)18-21-5-3-12-29-15-11-28-24(21)29/h1,3,5-7,11-12,15,19-20H,2,4,8-10,13-14,16-18H2. The van der Waals surface area contributed by atoms with Crippen molar-refractivity contribution in [1.29, 1.82) is 0 Å². The molecule has 0 spiro atoms. The molecule has 0 radical (unpaired) electrons. The van der Waals surface area contributed by atoms with Gasteiger partial charge in [-0.2, -0.15) is 0 Å². The Hall–Kier alpha value is -2.73. The molecule has 5 nitrogen and oxygen atoms in total. The lowest BCUT2D eigenvalue weighted by Gasteiger charge is -2.40. The van der Waals surface area contributed by atoms with Crippen LogP contribution in [0.15, 0.2) is 55.0 Å². The fourth-order valence-corrected chi connectivity index (χ4v) is 5.49. The van der Waals surface area contributed by atoms with Crippen molar-refractivity contribution in [3.63, 3.8) is 0 Å². The zero-order chi connectivity index (χ0) is 22.0. The molecule has 0 N–H and O–H groups in total. The number of nitrogens with zero attached hydrogens (tertiary/aromatic N) is 3. The van der Waals surface area contributed by atoms with E-state index in [-0.39, 0.29) is 11.7 Å². The second kappa shape index (κ2) is 9.02. The Morgan fingerprint density at radius 2 is 2.00 bits per heavy atom. The first-order valence-electron chi connectivity index (χ1n) is 11.7. The average molecular weight is 436 g/mol. The summed E-state index contributed by atoms with van der Waals surface area (Å²) in [4.78, 5) is 20.4. The maximum atomic E-state index is 14.0. The number of carbonyl (C=O) groups is 1. The third-order valence-corrected chi connectivity index (χ3v) is 7.28. The van der Waals surface area contributed by atoms with Gasteiger partial charge in [0.2, 0.25) is 5.91 Å². The second-order valence-electron chi connectivity index (χ2n) is 9.19. The summed E-state index contributed by atoms with van der Waals surface area (Å²) >= 11 is 0. The third-order valence-electron chi connectivity index (χ3n) is 7.28. The van der Waals surface area contributed by atoms with Gasteiger partial charge in [-0.3, -0.25) is 4.79 Å². The van der Waals surface area contributed by atoms with Crippen LogP contribution in [0.2, 0.25) is 0 Å². The smallest absolute Gasteiger partial charge is 0.233 e. The van der Waals surface area contributed by atoms with E-state index in [1.54, 1.807) is 6.07 Å². The normalized spacial score (nSPS) is 21.4. The molecule has 1 atom stereocenters. The van der Waals surface area contributed by atoms with Crippen molar-refractivity contribution in [2.75, 3.05) is 26.3 Å². The number of amides is 1. The molecular weight excluding hydrogens is 405 g/mol. The lowest BCUT2D eigenvalue weighted by atomic mass is 9.73. The molecule has 2 saturated heterocycles. The maximum Gasteiger partial charge on any atom is 0.233 e. The number of halogens is 1. The molecule has 1 aromatic carbocycles. The van der Waals surface area contributed by atoms with Crippen molar-refractivity contribution in [3.05, 3.63) is 71.9 Å². The highest BCUT2D eigenvalue weighted by Gasteiger charge is 2.44. The van der Waals surface area contributed by atoms with Crippen molar-refractivity contribution in [3.8, 4) is 0 Å². The Morgan fingerprint density at radius 1 is 1.12 bits per heavy atom. The Balaban J connectivity index is 1.32. The number of ether oxygens (including phenoxy) is 1. The summed E-state index contributed by atoms with van der Waals surface area (Å²) in [6, 6.07) is 10.8. The van der Waals surface area contributed by atoms with Crippen LogP contribution in [0.3, 0.4) is 0 Å². The van der Waals surface area contributed by atoms with E-state index >= 15 is 0 Å². The van der Waals surface area contributed by atoms with Crippen molar-refractivity contribution in [2.45, 2.75) is 43.9 Å². The van der Waals surface area contributed by atoms with Crippen LogP contribution in [0.1, 0.15) is 43.2 Å². The van der Waals surface area contributed by atoms with E-state index in [0.29, 0.717) is 32.0 Å². The van der Waals surface area contributed by atoms with Gasteiger partial charge in [-0.15, -0.1) is 0 Å². The minimum atomic E-state index is -0.679. The molecule has 0 aliphatic carbocycles. The summed E-state index contributed by atoms with van der Waals surface area (Å²) in [7, 11) is 0. The zero-order valence-corrected chi connectivity index (χ0v) is 18.4. The van der Waals surface area contributed by atoms with Gasteiger partial charge in [0.25, 0.3) is 0 Å². The summed E-state index contributed by atoms with van der Waals surface area (Å²) in [6.45, 7) is 2.58. The Bertz CT molecular complexity index is 1090. The summed E-state index contributed by atoms with van der Waals surface area (Å²) in [6.07, 6.45) is 11.1. The molecule has 0 saturated carbocycles. The SMILES string of the molecule is O=C(N1CCCC(Cc2cccn3ccnc23)CC1)C1(c2cccc(F)c2)CCOCC1. The molecule has 3 aromatic rings. The van der Waals surface area contributed by atoms with Gasteiger partial charge in [-0.05, 0) is 73.8 Å². The highest BCUT2D eigenvalue weighted by molar-refractivity contribution is 5.88. The number of rotatable bonds is 4. The monoisotopic (exact) mass is 435 g/mol. The number of likely N-dealkylation sites (tertiary alicyclic amines) is 1. The van der Waals surface area contributed by atoms with Gasteiger partial charge in [-0.25, -0.2) is 9.37 Å². The van der Waals surface area contributed by atoms with Crippen LogP contribution in [0.5, 0.6) is 0 Å². The predicted octanol–water partition coefficient (Wildman–Crippen LogP) is 4.39. The first kappa shape index (κ1) is 21.1. The molecule has 168 valence electrons. The molecule has 1 unspecified atom stereocenters. The summed E-state index contributed by atoms with van der Waals surface area (Å²) in [5, 5.41) is 0. The first-order chi connectivity index (χ1) is 15.7. The van der Waals surface area contributed by atoms with Gasteiger partial charge in [0.15, 0.2) is 0 Å². The molecule has 2 aliphatic rings. The zero-order valence-electron chi connectivity index (χ0n) is 18.4. The lowest BCUT2D eigenvalue weighted by molar-refractivity contribution is -0.141. The van der Waals surface area contributed by atoms with Crippen LogP contribution in [0.4, 0.5) is 4.39 Å². The highest BCUT2D eigenvalue weighted by Crippen LogP contribution is 2.38. The van der Waals surface area contributed by atoms with Gasteiger partial charge >= 0.3 is 0 Å². The maximum absolute atomic E-state index is 14.0. The number of carbonyl (C=O) groups excluding carboxylic acids is 1. The van der Waals surface area contributed by atoms with E-state index in [2.05, 4.69) is 21.5 Å². The number of imidazole rings is 1. The van der Waals surface area contributed by atoms with Gasteiger partial charge < -0.3 is 14.0 Å². The molecule has 5 rings (SSSR count). The fourth-order valence-electron chi connectivity index (χ4n) is 5.49. The fraction of sp³-hybridized carbons (Fsp3) is 0.462. The van der Waals surface area contributed by atoms with E-state index < -0.39 is 5.41 Å². The van der Waals surface area contributed by atoms with E-state index in [1.807, 2.05) is 29.6 Å². The molecule has 2 aromatic heterocycles. The molecule has 4 heterocycles. The quantitative estimate of drug-likeness (QED) is 0.611. The van der Waals surface area contributed by atoms with Crippen molar-refractivity contribution in [1.82, 2.24) is 14.3 Å². The predicted molar refractivity (Wildman–Crippen MR) is 121 cm³/mol. The highest BCUT2D eigenvalue weighted by atomic mass is 19.1. The number of aromatic nitrogens is 2. The van der Waals surface area contributed by atoms with E-state index in [9.17, 15) is 9.18 Å². The second-order valence-corrected chi connectivity index (χ2v) is 9.19. The Morgan fingerprint density at radius 3 is 2.84 bits per heavy atom. The number of pyridine rings is 1. The summed E-state index contributed by atoms with van der Waals surface area (Å²) < 4.78 is 21.7. The van der Waals surface area contributed by atoms with Crippen LogP contribution in [0, 0.1) is 11.7 Å². The molecule has 6 heteroatoms. The van der Waals surface area contributed by atoms with Crippen LogP contribution >= 0.6 is 0 Å². The Labute approximate surface area is 188 Å². The molecule has 0 bridgehead atoms. The third kappa shape index (κ3) is 4.04. The van der Waals surface area contributed by atoms with Gasteiger partial charge in [0.1, 0.15) is 11.5 Å². The first-order valence-corrected chi connectivity index (χ1v) is 11.7. The van der Waals surface area contributed by atoms with Gasteiger partial charge in [0.05, 0.1) is 5.41 Å². The largest absolute Gasteiger partial charge is 0.381 e. The van der Waals surface area contributed by atoms with E-state index in [1.165, 1.54) is 17.7 Å². The number of fused-ring (bicyclic) bond motifs is 1. The topological polar surface area (TPSA) is 46.8 Å². The van der Waals surface area contributed by atoms with Gasteiger partial charge in [-0.1, -0.05) is 18.2 Å². The van der Waals surface area contributed by atoms with Crippen molar-refractivity contribution in [2.24, 2.45) is 5.92 Å². The molecular formula is C26H30FN3O2. The summed E-state index contributed by atoms with van der Waals surface area (Å²) in [5.74, 6) is 0.378. The van der Waals surface area contributed by atoms with Crippen LogP contribution in [-0.2, 0) is 21.4 Å². The van der Waals surface area contributed by atoms with Gasteiger partial charge in [0, 0.05) is 44.9 Å². The summed E-state index contributed by atoms with van der Waals surface area (Å²) in [5.41, 5.74) is 2.40. The van der Waals surface area contributed by atoms with Crippen LogP contribution in [0.25, 0.3) is 5.65 Å². The minimum Gasteiger partial charge on any atom is -0.381 e. The average Bonchev–Trinajstić information content (AvgIpc) is 3.19. The number of benzene rings is 1. The van der Waals surface area contributed by atoms with E-state index in [0.717, 1.165) is 50.0 Å². The van der Waals surface area contributed by atoms with Crippen molar-refractivity contribution >= 4 is 11.6 Å². The van der Waals surface area contributed by atoms with E-state index in [4.69, 9.17) is 4.74 Å². The molecule has 1 amide bonds. The molecule has 32 heavy (non-hydrogen) atoms. The number of hydrogen-bond acceptors (Lipinski definition) is 3. The van der Waals surface area contributed by atoms with Crippen LogP contribution in [-0.4, -0.2) is 46.5 Å². The minimum absolute atomic E-state index is 0.141. The number of hydrogen-bond donors (Lipinski definition) is 0. The molecule has 2 fully saturated rings. The Kier molecular flexibility index (Phi) is 5.96. The lowest BCUT2D eigenvalue weighted by Crippen LogP contribution is -2.50.